The molecule has 2 N–H and O–H groups in total. The van der Waals surface area contributed by atoms with E-state index < -0.39 is 0 Å². The van der Waals surface area contributed by atoms with Gasteiger partial charge in [0.2, 0.25) is 0 Å². The van der Waals surface area contributed by atoms with E-state index in [-0.39, 0.29) is 30.0 Å². The molecule has 7 heteroatoms. The zero-order valence-electron chi connectivity index (χ0n) is 16.9. The number of aryl methyl sites for hydroxylation is 1. The molecule has 30 heavy (non-hydrogen) atoms. The van der Waals surface area contributed by atoms with Gasteiger partial charge in [0, 0.05) is 11.6 Å². The van der Waals surface area contributed by atoms with E-state index >= 15 is 0 Å². The molecule has 3 aromatic rings. The van der Waals surface area contributed by atoms with E-state index in [2.05, 4.69) is 22.7 Å². The van der Waals surface area contributed by atoms with Crippen molar-refractivity contribution < 1.29 is 9.18 Å². The molecule has 0 radical (unpaired) electrons. The molecular formula is C23H26ClFN4O. The fraction of sp³-hybridized carbons (Fsp3) is 0.304. The summed E-state index contributed by atoms with van der Waals surface area (Å²) >= 11 is 0. The first-order valence-corrected chi connectivity index (χ1v) is 10.1. The van der Waals surface area contributed by atoms with Gasteiger partial charge >= 0.3 is 0 Å². The van der Waals surface area contributed by atoms with Gasteiger partial charge < -0.3 is 10.6 Å². The lowest BCUT2D eigenvalue weighted by Crippen LogP contribution is -2.29. The first-order valence-electron chi connectivity index (χ1n) is 10.1. The van der Waals surface area contributed by atoms with Crippen molar-refractivity contribution in [3.8, 4) is 5.69 Å². The molecule has 1 aliphatic heterocycles. The highest BCUT2D eigenvalue weighted by Gasteiger charge is 2.27. The van der Waals surface area contributed by atoms with Crippen LogP contribution in [0.5, 0.6) is 0 Å². The highest BCUT2D eigenvalue weighted by molar-refractivity contribution is 6.05. The number of hydrogen-bond acceptors (Lipinski definition) is 3. The molecule has 0 bridgehead atoms. The average Bonchev–Trinajstić information content (AvgIpc) is 3.20. The van der Waals surface area contributed by atoms with Gasteiger partial charge in [0.25, 0.3) is 5.91 Å². The normalized spacial score (nSPS) is 14.2. The number of carbonyl (C=O) groups is 1. The summed E-state index contributed by atoms with van der Waals surface area (Å²) in [6.45, 7) is 3.87. The molecule has 158 valence electrons. The van der Waals surface area contributed by atoms with E-state index in [0.717, 1.165) is 43.7 Å². The standard InChI is InChI=1S/C23H25FN4O.ClH/c1-2-16-6-8-19(9-7-16)27-23(29)21-15-26-28(20-5-3-4-18(24)14-20)22(21)17-10-12-25-13-11-17;/h3-9,14-15,17,25H,2,10-13H2,1H3,(H,27,29);1H. The van der Waals surface area contributed by atoms with Crippen molar-refractivity contribution in [2.75, 3.05) is 18.4 Å². The molecule has 1 amide bonds. The summed E-state index contributed by atoms with van der Waals surface area (Å²) < 4.78 is 15.5. The van der Waals surface area contributed by atoms with E-state index in [9.17, 15) is 9.18 Å². The Hall–Kier alpha value is -2.70. The zero-order chi connectivity index (χ0) is 20.2. The van der Waals surface area contributed by atoms with E-state index in [0.29, 0.717) is 11.3 Å². The third-order valence-electron chi connectivity index (χ3n) is 5.45. The molecule has 1 aromatic heterocycles. The molecule has 2 aromatic carbocycles. The van der Waals surface area contributed by atoms with Crippen molar-refractivity contribution in [1.82, 2.24) is 15.1 Å². The number of piperidine rings is 1. The maximum Gasteiger partial charge on any atom is 0.259 e. The summed E-state index contributed by atoms with van der Waals surface area (Å²) in [6.07, 6.45) is 4.37. The number of rotatable bonds is 5. The number of benzene rings is 2. The molecular weight excluding hydrogens is 403 g/mol. The largest absolute Gasteiger partial charge is 0.322 e. The van der Waals surface area contributed by atoms with Gasteiger partial charge in [-0.05, 0) is 68.2 Å². The van der Waals surface area contributed by atoms with Gasteiger partial charge in [-0.2, -0.15) is 5.10 Å². The molecule has 4 rings (SSSR count). The second-order valence-corrected chi connectivity index (χ2v) is 7.36. The Morgan fingerprint density at radius 3 is 2.60 bits per heavy atom. The maximum absolute atomic E-state index is 13.8. The number of halogens is 2. The van der Waals surface area contributed by atoms with Crippen LogP contribution in [0.15, 0.2) is 54.7 Å². The minimum atomic E-state index is -0.323. The Morgan fingerprint density at radius 2 is 1.93 bits per heavy atom. The van der Waals surface area contributed by atoms with Gasteiger partial charge in [0.15, 0.2) is 0 Å². The molecule has 1 fully saturated rings. The van der Waals surface area contributed by atoms with Crippen LogP contribution in [0.2, 0.25) is 0 Å². The second-order valence-electron chi connectivity index (χ2n) is 7.36. The van der Waals surface area contributed by atoms with Crippen LogP contribution in [-0.2, 0) is 6.42 Å². The topological polar surface area (TPSA) is 59.0 Å². The number of carbonyl (C=O) groups excluding carboxylic acids is 1. The van der Waals surface area contributed by atoms with Crippen LogP contribution in [0.25, 0.3) is 5.69 Å². The average molecular weight is 429 g/mol. The van der Waals surface area contributed by atoms with Crippen molar-refractivity contribution in [2.45, 2.75) is 32.1 Å². The first kappa shape index (κ1) is 22.0. The van der Waals surface area contributed by atoms with E-state index in [1.807, 2.05) is 30.3 Å². The Kier molecular flexibility index (Phi) is 7.24. The number of anilines is 1. The monoisotopic (exact) mass is 428 g/mol. The van der Waals surface area contributed by atoms with E-state index in [1.165, 1.54) is 17.7 Å². The lowest BCUT2D eigenvalue weighted by molar-refractivity contribution is 0.102. The van der Waals surface area contributed by atoms with Crippen LogP contribution >= 0.6 is 12.4 Å². The van der Waals surface area contributed by atoms with Gasteiger partial charge in [-0.25, -0.2) is 9.07 Å². The molecule has 2 heterocycles. The number of nitrogens with zero attached hydrogens (tertiary/aromatic N) is 2. The molecule has 1 aliphatic rings. The third kappa shape index (κ3) is 4.71. The highest BCUT2D eigenvalue weighted by Crippen LogP contribution is 2.31. The SMILES string of the molecule is CCc1ccc(NC(=O)c2cnn(-c3cccc(F)c3)c2C2CCNCC2)cc1.Cl. The molecule has 0 atom stereocenters. The Morgan fingerprint density at radius 1 is 1.20 bits per heavy atom. The summed E-state index contributed by atoms with van der Waals surface area (Å²) in [4.78, 5) is 13.1. The Balaban J connectivity index is 0.00000256. The number of nitrogens with one attached hydrogen (secondary N) is 2. The minimum absolute atomic E-state index is 0. The molecule has 0 aliphatic carbocycles. The van der Waals surface area contributed by atoms with Crippen molar-refractivity contribution in [1.29, 1.82) is 0 Å². The third-order valence-corrected chi connectivity index (χ3v) is 5.45. The lowest BCUT2D eigenvalue weighted by atomic mass is 9.91. The summed E-state index contributed by atoms with van der Waals surface area (Å²) in [7, 11) is 0. The second kappa shape index (κ2) is 9.87. The van der Waals surface area contributed by atoms with Crippen LogP contribution < -0.4 is 10.6 Å². The van der Waals surface area contributed by atoms with E-state index in [1.54, 1.807) is 16.9 Å². The van der Waals surface area contributed by atoms with Gasteiger partial charge in [-0.15, -0.1) is 12.4 Å². The summed E-state index contributed by atoms with van der Waals surface area (Å²) in [5.41, 5.74) is 3.99. The smallest absolute Gasteiger partial charge is 0.259 e. The van der Waals surface area contributed by atoms with Crippen LogP contribution in [-0.4, -0.2) is 28.8 Å². The lowest BCUT2D eigenvalue weighted by Gasteiger charge is -2.24. The van der Waals surface area contributed by atoms with Crippen LogP contribution in [0.3, 0.4) is 0 Å². The van der Waals surface area contributed by atoms with Gasteiger partial charge in [-0.3, -0.25) is 4.79 Å². The van der Waals surface area contributed by atoms with Crippen LogP contribution in [0.1, 0.15) is 47.3 Å². The number of aromatic nitrogens is 2. The van der Waals surface area contributed by atoms with Crippen molar-refractivity contribution in [3.63, 3.8) is 0 Å². The van der Waals surface area contributed by atoms with Gasteiger partial charge in [0.1, 0.15) is 5.82 Å². The van der Waals surface area contributed by atoms with Gasteiger partial charge in [0.05, 0.1) is 23.1 Å². The molecule has 0 spiro atoms. The van der Waals surface area contributed by atoms with Gasteiger partial charge in [-0.1, -0.05) is 25.1 Å². The minimum Gasteiger partial charge on any atom is -0.322 e. The summed E-state index contributed by atoms with van der Waals surface area (Å²) in [6, 6.07) is 14.2. The molecule has 1 saturated heterocycles. The summed E-state index contributed by atoms with van der Waals surface area (Å²) in [5, 5.41) is 10.8. The van der Waals surface area contributed by atoms with Crippen molar-refractivity contribution in [2.24, 2.45) is 0 Å². The van der Waals surface area contributed by atoms with Crippen molar-refractivity contribution in [3.05, 3.63) is 77.4 Å². The summed E-state index contributed by atoms with van der Waals surface area (Å²) in [5.74, 6) is -0.327. The number of amides is 1. The zero-order valence-corrected chi connectivity index (χ0v) is 17.7. The van der Waals surface area contributed by atoms with E-state index in [4.69, 9.17) is 0 Å². The number of hydrogen-bond donors (Lipinski definition) is 2. The molecule has 5 nitrogen and oxygen atoms in total. The quantitative estimate of drug-likeness (QED) is 0.618. The van der Waals surface area contributed by atoms with Crippen molar-refractivity contribution >= 4 is 24.0 Å². The Bertz CT molecular complexity index is 997. The Labute approximate surface area is 182 Å². The maximum atomic E-state index is 13.8. The highest BCUT2D eigenvalue weighted by atomic mass is 35.5. The predicted molar refractivity (Wildman–Crippen MR) is 119 cm³/mol. The fourth-order valence-electron chi connectivity index (χ4n) is 3.86. The molecule has 0 saturated carbocycles. The van der Waals surface area contributed by atoms with Crippen LogP contribution in [0, 0.1) is 5.82 Å². The molecule has 0 unspecified atom stereocenters. The first-order chi connectivity index (χ1) is 14.2. The predicted octanol–water partition coefficient (Wildman–Crippen LogP) is 4.71. The fourth-order valence-corrected chi connectivity index (χ4v) is 3.86. The van der Waals surface area contributed by atoms with Crippen LogP contribution in [0.4, 0.5) is 10.1 Å².